The van der Waals surface area contributed by atoms with Gasteiger partial charge in [-0.15, -0.1) is 0 Å². The number of thiophene rings is 1. The third kappa shape index (κ3) is 4.40. The summed E-state index contributed by atoms with van der Waals surface area (Å²) >= 11 is 1.71. The Morgan fingerprint density at radius 3 is 2.00 bits per heavy atom. The predicted octanol–water partition coefficient (Wildman–Crippen LogP) is 1.79. The molecule has 1 heterocycles. The van der Waals surface area contributed by atoms with Crippen molar-refractivity contribution >= 4 is 17.1 Å². The van der Waals surface area contributed by atoms with Crippen LogP contribution in [0.5, 0.6) is 0 Å². The third-order valence-electron chi connectivity index (χ3n) is 1.34. The van der Waals surface area contributed by atoms with Gasteiger partial charge in [0, 0.05) is 0 Å². The van der Waals surface area contributed by atoms with Crippen LogP contribution in [-0.4, -0.2) is 17.0 Å². The van der Waals surface area contributed by atoms with Crippen molar-refractivity contribution in [3.8, 4) is 0 Å². The van der Waals surface area contributed by atoms with E-state index < -0.39 is 6.10 Å². The van der Waals surface area contributed by atoms with Crippen LogP contribution in [0, 0.1) is 0 Å². The van der Waals surface area contributed by atoms with E-state index in [1.54, 1.807) is 11.3 Å². The highest BCUT2D eigenvalue weighted by Gasteiger charge is 1.99. The maximum absolute atomic E-state index is 10.3. The number of ketones is 1. The molecule has 0 atom stereocenters. The second-order valence-electron chi connectivity index (χ2n) is 2.40. The van der Waals surface area contributed by atoms with Crippen LogP contribution in [0.4, 0.5) is 0 Å². The topological polar surface area (TPSA) is 37.3 Å². The van der Waals surface area contributed by atoms with Gasteiger partial charge in [-0.05, 0) is 35.1 Å². The number of hydrogen-bond acceptors (Lipinski definition) is 3. The van der Waals surface area contributed by atoms with E-state index >= 15 is 0 Å². The molecule has 0 saturated carbocycles. The van der Waals surface area contributed by atoms with Crippen LogP contribution in [0.15, 0.2) is 47.2 Å². The molecule has 2 rings (SSSR count). The molecule has 1 aromatic heterocycles. The minimum Gasteiger partial charge on any atom is -0.385 e. The average molecular weight is 194 g/mol. The van der Waals surface area contributed by atoms with Crippen molar-refractivity contribution < 1.29 is 9.90 Å². The van der Waals surface area contributed by atoms with Crippen molar-refractivity contribution in [1.82, 2.24) is 0 Å². The molecule has 13 heavy (non-hydrogen) atoms. The number of aliphatic hydroxyl groups excluding tert-OH is 1. The van der Waals surface area contributed by atoms with Gasteiger partial charge in [0.15, 0.2) is 5.78 Å². The summed E-state index contributed by atoms with van der Waals surface area (Å²) in [6.45, 7) is 0. The predicted molar refractivity (Wildman–Crippen MR) is 53.6 cm³/mol. The normalized spacial score (nSPS) is 15.3. The molecule has 0 radical (unpaired) electrons. The molecule has 0 bridgehead atoms. The van der Waals surface area contributed by atoms with Gasteiger partial charge in [-0.2, -0.15) is 11.3 Å². The number of hydrogen-bond donors (Lipinski definition) is 1. The lowest BCUT2D eigenvalue weighted by molar-refractivity contribution is -0.110. The van der Waals surface area contributed by atoms with Crippen LogP contribution >= 0.6 is 11.3 Å². The lowest BCUT2D eigenvalue weighted by Gasteiger charge is -1.98. The van der Waals surface area contributed by atoms with Crippen molar-refractivity contribution in [3.05, 3.63) is 47.2 Å². The van der Waals surface area contributed by atoms with Gasteiger partial charge in [0.1, 0.15) is 0 Å². The summed E-state index contributed by atoms with van der Waals surface area (Å²) in [5.41, 5.74) is 0. The van der Waals surface area contributed by atoms with Crippen LogP contribution in [0.25, 0.3) is 0 Å². The molecule has 1 N–H and O–H groups in total. The molecule has 0 unspecified atom stereocenters. The maximum atomic E-state index is 10.3. The molecular formula is C10H10O2S. The zero-order valence-corrected chi connectivity index (χ0v) is 7.78. The summed E-state index contributed by atoms with van der Waals surface area (Å²) in [7, 11) is 0. The molecule has 0 spiro atoms. The number of allylic oxidation sites excluding steroid dienone is 2. The molecule has 1 aromatic rings. The zero-order valence-electron chi connectivity index (χ0n) is 6.96. The summed E-state index contributed by atoms with van der Waals surface area (Å²) in [4.78, 5) is 10.3. The first-order chi connectivity index (χ1) is 6.29. The first kappa shape index (κ1) is 9.89. The monoisotopic (exact) mass is 194 g/mol. The summed E-state index contributed by atoms with van der Waals surface area (Å²) in [6.07, 6.45) is 5.03. The van der Waals surface area contributed by atoms with Gasteiger partial charge in [0.05, 0.1) is 6.10 Å². The first-order valence-corrected chi connectivity index (χ1v) is 4.79. The fourth-order valence-corrected chi connectivity index (χ4v) is 1.19. The minimum atomic E-state index is -0.562. The van der Waals surface area contributed by atoms with E-state index in [9.17, 15) is 4.79 Å². The van der Waals surface area contributed by atoms with Gasteiger partial charge < -0.3 is 5.11 Å². The van der Waals surface area contributed by atoms with E-state index in [2.05, 4.69) is 0 Å². The van der Waals surface area contributed by atoms with Crippen LogP contribution in [0.1, 0.15) is 0 Å². The van der Waals surface area contributed by atoms with Gasteiger partial charge >= 0.3 is 0 Å². The summed E-state index contributed by atoms with van der Waals surface area (Å²) in [6, 6.07) is 4.04. The van der Waals surface area contributed by atoms with E-state index in [1.807, 2.05) is 22.9 Å². The van der Waals surface area contributed by atoms with E-state index in [0.29, 0.717) is 0 Å². The summed E-state index contributed by atoms with van der Waals surface area (Å²) in [5.74, 6) is -0.0599. The number of rotatable bonds is 0. The van der Waals surface area contributed by atoms with Gasteiger partial charge in [0.2, 0.25) is 0 Å². The van der Waals surface area contributed by atoms with Crippen molar-refractivity contribution in [1.29, 1.82) is 0 Å². The Morgan fingerprint density at radius 1 is 1.15 bits per heavy atom. The fraction of sp³-hybridized carbons (Fsp3) is 0.100. The molecule has 0 amide bonds. The molecule has 0 aromatic carbocycles. The van der Waals surface area contributed by atoms with Gasteiger partial charge in [-0.1, -0.05) is 12.1 Å². The van der Waals surface area contributed by atoms with Gasteiger partial charge in [-0.3, -0.25) is 4.79 Å². The molecule has 1 aliphatic rings. The Kier molecular flexibility index (Phi) is 4.15. The van der Waals surface area contributed by atoms with E-state index in [4.69, 9.17) is 5.11 Å². The van der Waals surface area contributed by atoms with Crippen LogP contribution in [-0.2, 0) is 4.79 Å². The van der Waals surface area contributed by atoms with Crippen LogP contribution in [0.3, 0.4) is 0 Å². The molecule has 68 valence electrons. The SMILES string of the molecule is O=C1C=CC(O)C=C1.c1ccsc1. The molecule has 0 saturated heterocycles. The number of carbonyl (C=O) groups is 1. The fourth-order valence-electron chi connectivity index (χ4n) is 0.733. The molecule has 3 heteroatoms. The van der Waals surface area contributed by atoms with Crippen LogP contribution in [0.2, 0.25) is 0 Å². The highest BCUT2D eigenvalue weighted by atomic mass is 32.1. The van der Waals surface area contributed by atoms with Crippen molar-refractivity contribution in [2.75, 3.05) is 0 Å². The van der Waals surface area contributed by atoms with Crippen molar-refractivity contribution in [2.24, 2.45) is 0 Å². The molecule has 2 nitrogen and oxygen atoms in total. The molecule has 0 aliphatic heterocycles. The molecule has 0 fully saturated rings. The average Bonchev–Trinajstić information content (AvgIpc) is 2.68. The highest BCUT2D eigenvalue weighted by molar-refractivity contribution is 7.07. The van der Waals surface area contributed by atoms with Gasteiger partial charge in [-0.25, -0.2) is 0 Å². The van der Waals surface area contributed by atoms with Gasteiger partial charge in [0.25, 0.3) is 0 Å². The second-order valence-corrected chi connectivity index (χ2v) is 3.22. The summed E-state index contributed by atoms with van der Waals surface area (Å²) < 4.78 is 0. The Labute approximate surface area is 80.8 Å². The van der Waals surface area contributed by atoms with Crippen LogP contribution < -0.4 is 0 Å². The molecule has 1 aliphatic carbocycles. The maximum Gasteiger partial charge on any atom is 0.178 e. The quantitative estimate of drug-likeness (QED) is 0.683. The smallest absolute Gasteiger partial charge is 0.178 e. The van der Waals surface area contributed by atoms with Crippen molar-refractivity contribution in [2.45, 2.75) is 6.10 Å². The second kappa shape index (κ2) is 5.45. The molecular weight excluding hydrogens is 184 g/mol. The minimum absolute atomic E-state index is 0.0599. The Bertz CT molecular complexity index is 266. The van der Waals surface area contributed by atoms with E-state index in [0.717, 1.165) is 0 Å². The largest absolute Gasteiger partial charge is 0.385 e. The number of aliphatic hydroxyl groups is 1. The third-order valence-corrected chi connectivity index (χ3v) is 1.97. The Balaban J connectivity index is 0.000000145. The number of carbonyl (C=O) groups excluding carboxylic acids is 1. The van der Waals surface area contributed by atoms with Crippen molar-refractivity contribution in [3.63, 3.8) is 0 Å². The Hall–Kier alpha value is -1.19. The first-order valence-electron chi connectivity index (χ1n) is 3.84. The zero-order chi connectivity index (χ0) is 9.52. The lowest BCUT2D eigenvalue weighted by Crippen LogP contribution is -2.03. The van der Waals surface area contributed by atoms with E-state index in [1.165, 1.54) is 24.3 Å². The standard InChI is InChI=1S/C6H6O2.C4H4S/c7-5-1-2-6(8)4-3-5;1-2-4-5-3-1/h1-5,7H;1-4H. The lowest BCUT2D eigenvalue weighted by atomic mass is 10.2. The van der Waals surface area contributed by atoms with E-state index in [-0.39, 0.29) is 5.78 Å². The highest BCUT2D eigenvalue weighted by Crippen LogP contribution is 1.96. The Morgan fingerprint density at radius 2 is 1.69 bits per heavy atom. The summed E-state index contributed by atoms with van der Waals surface area (Å²) in [5, 5.41) is 12.8.